The van der Waals surface area contributed by atoms with Gasteiger partial charge in [-0.15, -0.1) is 0 Å². The van der Waals surface area contributed by atoms with Crippen LogP contribution >= 0.6 is 0 Å². The summed E-state index contributed by atoms with van der Waals surface area (Å²) in [5.74, 6) is 0.332. The van der Waals surface area contributed by atoms with E-state index in [1.165, 1.54) is 6.20 Å². The highest BCUT2D eigenvalue weighted by Gasteiger charge is 2.34. The number of nitrogens with two attached hydrogens (primary N) is 1. The number of anilines is 1. The second-order valence-electron chi connectivity index (χ2n) is 6.28. The first-order chi connectivity index (χ1) is 12.3. The van der Waals surface area contributed by atoms with Crippen LogP contribution in [0.4, 0.5) is 19.0 Å². The van der Waals surface area contributed by atoms with Crippen LogP contribution in [0.1, 0.15) is 36.7 Å². The van der Waals surface area contributed by atoms with Gasteiger partial charge in [0.05, 0.1) is 17.8 Å². The van der Waals surface area contributed by atoms with Gasteiger partial charge < -0.3 is 10.3 Å². The van der Waals surface area contributed by atoms with Crippen LogP contribution in [0.3, 0.4) is 0 Å². The summed E-state index contributed by atoms with van der Waals surface area (Å²) in [5, 5.41) is 0. The first-order valence-corrected chi connectivity index (χ1v) is 8.04. The van der Waals surface area contributed by atoms with Crippen LogP contribution in [0.15, 0.2) is 43.0 Å². The van der Waals surface area contributed by atoms with Crippen molar-refractivity contribution in [1.82, 2.24) is 19.5 Å². The fraction of sp³-hybridized carbons (Fsp3) is 0.278. The molecule has 3 rings (SSSR count). The minimum absolute atomic E-state index is 0.101. The van der Waals surface area contributed by atoms with Crippen molar-refractivity contribution in [3.05, 3.63) is 59.9 Å². The highest BCUT2D eigenvalue weighted by atomic mass is 19.4. The zero-order valence-corrected chi connectivity index (χ0v) is 14.3. The van der Waals surface area contributed by atoms with Gasteiger partial charge in [0.2, 0.25) is 0 Å². The molecule has 136 valence electrons. The molecule has 8 heteroatoms. The zero-order chi connectivity index (χ0) is 18.9. The van der Waals surface area contributed by atoms with Gasteiger partial charge in [0.15, 0.2) is 0 Å². The van der Waals surface area contributed by atoms with Gasteiger partial charge in [-0.05, 0) is 17.7 Å². The Labute approximate surface area is 148 Å². The molecule has 0 atom stereocenters. The number of hydrogen-bond donors (Lipinski definition) is 1. The molecule has 3 heterocycles. The fourth-order valence-corrected chi connectivity index (χ4v) is 2.69. The van der Waals surface area contributed by atoms with Crippen LogP contribution in [0, 0.1) is 0 Å². The van der Waals surface area contributed by atoms with E-state index >= 15 is 0 Å². The average Bonchev–Trinajstić information content (AvgIpc) is 2.99. The predicted octanol–water partition coefficient (Wildman–Crippen LogP) is 4.11. The number of nitrogen functional groups attached to an aromatic ring is 1. The topological polar surface area (TPSA) is 69.6 Å². The Morgan fingerprint density at radius 1 is 1.23 bits per heavy atom. The molecular weight excluding hydrogens is 343 g/mol. The van der Waals surface area contributed by atoms with Crippen molar-refractivity contribution < 1.29 is 13.2 Å². The Morgan fingerprint density at radius 2 is 2.00 bits per heavy atom. The minimum Gasteiger partial charge on any atom is -0.383 e. The van der Waals surface area contributed by atoms with E-state index in [0.29, 0.717) is 12.2 Å². The molecule has 0 fully saturated rings. The Balaban J connectivity index is 2.03. The standard InChI is InChI=1S/C18H18F3N5/c1-11(2)17-25-15(10-26(17)9-12-4-3-5-23-7-12)13-6-14(18(19,20)21)16(22)24-8-13/h3-8,10-11H,9H2,1-2H3,(H2,22,24). The molecule has 2 N–H and O–H groups in total. The zero-order valence-electron chi connectivity index (χ0n) is 14.3. The van der Waals surface area contributed by atoms with Crippen LogP contribution in [-0.4, -0.2) is 19.5 Å². The summed E-state index contributed by atoms with van der Waals surface area (Å²) in [4.78, 5) is 12.3. The van der Waals surface area contributed by atoms with E-state index in [0.717, 1.165) is 17.5 Å². The molecular formula is C18H18F3N5. The van der Waals surface area contributed by atoms with Crippen molar-refractivity contribution in [2.24, 2.45) is 0 Å². The Hall–Kier alpha value is -2.90. The van der Waals surface area contributed by atoms with Gasteiger partial charge in [0, 0.05) is 36.3 Å². The lowest BCUT2D eigenvalue weighted by molar-refractivity contribution is -0.137. The molecule has 0 aliphatic heterocycles. The number of halogens is 3. The third-order valence-corrected chi connectivity index (χ3v) is 3.92. The largest absolute Gasteiger partial charge is 0.419 e. The Morgan fingerprint density at radius 3 is 2.62 bits per heavy atom. The molecule has 0 amide bonds. The SMILES string of the molecule is CC(C)c1nc(-c2cnc(N)c(C(F)(F)F)c2)cn1Cc1cccnc1. The summed E-state index contributed by atoms with van der Waals surface area (Å²) in [6.45, 7) is 4.49. The number of imidazole rings is 1. The summed E-state index contributed by atoms with van der Waals surface area (Å²) in [5.41, 5.74) is 6.10. The van der Waals surface area contributed by atoms with E-state index in [9.17, 15) is 13.2 Å². The van der Waals surface area contributed by atoms with Gasteiger partial charge in [-0.3, -0.25) is 4.98 Å². The van der Waals surface area contributed by atoms with Gasteiger partial charge in [-0.2, -0.15) is 13.2 Å². The molecule has 0 radical (unpaired) electrons. The number of hydrogen-bond acceptors (Lipinski definition) is 4. The van der Waals surface area contributed by atoms with Crippen LogP contribution in [0.25, 0.3) is 11.3 Å². The van der Waals surface area contributed by atoms with Crippen molar-refractivity contribution in [2.45, 2.75) is 32.5 Å². The van der Waals surface area contributed by atoms with Crippen LogP contribution in [-0.2, 0) is 12.7 Å². The number of alkyl halides is 3. The molecule has 0 aromatic carbocycles. The number of aromatic nitrogens is 4. The van der Waals surface area contributed by atoms with Crippen molar-refractivity contribution in [3.8, 4) is 11.3 Å². The van der Waals surface area contributed by atoms with Crippen molar-refractivity contribution in [2.75, 3.05) is 5.73 Å². The molecule has 0 saturated heterocycles. The maximum atomic E-state index is 13.1. The van der Waals surface area contributed by atoms with Gasteiger partial charge in [-0.1, -0.05) is 19.9 Å². The lowest BCUT2D eigenvalue weighted by Gasteiger charge is -2.09. The Bertz CT molecular complexity index is 901. The van der Waals surface area contributed by atoms with E-state index in [-0.39, 0.29) is 11.5 Å². The number of pyridine rings is 2. The molecule has 0 aliphatic carbocycles. The smallest absolute Gasteiger partial charge is 0.383 e. The van der Waals surface area contributed by atoms with E-state index in [2.05, 4.69) is 15.0 Å². The minimum atomic E-state index is -4.56. The molecule has 3 aromatic rings. The first-order valence-electron chi connectivity index (χ1n) is 8.04. The second kappa shape index (κ2) is 6.78. The summed E-state index contributed by atoms with van der Waals surface area (Å²) in [6, 6.07) is 4.76. The van der Waals surface area contributed by atoms with Gasteiger partial charge in [-0.25, -0.2) is 9.97 Å². The summed E-state index contributed by atoms with van der Waals surface area (Å²) in [6.07, 6.45) is 1.91. The molecule has 5 nitrogen and oxygen atoms in total. The van der Waals surface area contributed by atoms with Crippen LogP contribution < -0.4 is 5.73 Å². The maximum Gasteiger partial charge on any atom is 0.419 e. The first kappa shape index (κ1) is 17.9. The molecule has 0 unspecified atom stereocenters. The van der Waals surface area contributed by atoms with Gasteiger partial charge in [0.25, 0.3) is 0 Å². The average molecular weight is 361 g/mol. The summed E-state index contributed by atoms with van der Waals surface area (Å²) >= 11 is 0. The third-order valence-electron chi connectivity index (χ3n) is 3.92. The summed E-state index contributed by atoms with van der Waals surface area (Å²) in [7, 11) is 0. The van der Waals surface area contributed by atoms with Crippen molar-refractivity contribution >= 4 is 5.82 Å². The van der Waals surface area contributed by atoms with Gasteiger partial charge >= 0.3 is 6.18 Å². The molecule has 26 heavy (non-hydrogen) atoms. The lowest BCUT2D eigenvalue weighted by atomic mass is 10.1. The van der Waals surface area contributed by atoms with Crippen LogP contribution in [0.2, 0.25) is 0 Å². The Kier molecular flexibility index (Phi) is 4.67. The van der Waals surface area contributed by atoms with E-state index in [1.807, 2.05) is 30.5 Å². The quantitative estimate of drug-likeness (QED) is 0.759. The predicted molar refractivity (Wildman–Crippen MR) is 92.3 cm³/mol. The summed E-state index contributed by atoms with van der Waals surface area (Å²) < 4.78 is 41.2. The van der Waals surface area contributed by atoms with E-state index in [4.69, 9.17) is 5.73 Å². The third kappa shape index (κ3) is 3.68. The van der Waals surface area contributed by atoms with Gasteiger partial charge in [0.1, 0.15) is 11.6 Å². The maximum absolute atomic E-state index is 13.1. The highest BCUT2D eigenvalue weighted by Crippen LogP contribution is 2.35. The second-order valence-corrected chi connectivity index (χ2v) is 6.28. The molecule has 0 saturated carbocycles. The molecule has 0 aliphatic rings. The normalized spacial score (nSPS) is 11.9. The lowest BCUT2D eigenvalue weighted by Crippen LogP contribution is -2.10. The highest BCUT2D eigenvalue weighted by molar-refractivity contribution is 5.62. The fourth-order valence-electron chi connectivity index (χ4n) is 2.69. The molecule has 0 bridgehead atoms. The monoisotopic (exact) mass is 361 g/mol. The number of rotatable bonds is 4. The number of nitrogens with zero attached hydrogens (tertiary/aromatic N) is 4. The van der Waals surface area contributed by atoms with E-state index < -0.39 is 17.6 Å². The van der Waals surface area contributed by atoms with Crippen LogP contribution in [0.5, 0.6) is 0 Å². The van der Waals surface area contributed by atoms with Crippen molar-refractivity contribution in [3.63, 3.8) is 0 Å². The molecule has 0 spiro atoms. The van der Waals surface area contributed by atoms with E-state index in [1.54, 1.807) is 18.6 Å². The molecule has 3 aromatic heterocycles. The van der Waals surface area contributed by atoms with Crippen molar-refractivity contribution in [1.29, 1.82) is 0 Å².